The maximum absolute atomic E-state index is 9.00. The van der Waals surface area contributed by atoms with E-state index in [1.807, 2.05) is 12.4 Å². The molecule has 1 aliphatic rings. The normalized spacial score (nSPS) is 15.3. The van der Waals surface area contributed by atoms with Gasteiger partial charge in [0, 0.05) is 43.7 Å². The lowest BCUT2D eigenvalue weighted by Crippen LogP contribution is -2.42. The molecular formula is C14H24N4O. The van der Waals surface area contributed by atoms with Crippen LogP contribution in [0, 0.1) is 0 Å². The number of hydrogen-bond acceptors (Lipinski definition) is 5. The van der Waals surface area contributed by atoms with E-state index in [0.717, 1.165) is 37.6 Å². The molecular weight excluding hydrogens is 240 g/mol. The lowest BCUT2D eigenvalue weighted by atomic mass is 9.91. The van der Waals surface area contributed by atoms with E-state index in [2.05, 4.69) is 27.1 Å². The zero-order valence-electron chi connectivity index (χ0n) is 11.7. The summed E-state index contributed by atoms with van der Waals surface area (Å²) in [5.74, 6) is 0.804. The number of nitrogens with zero attached hydrogens (tertiary/aromatic N) is 3. The first kappa shape index (κ1) is 14.2. The fraction of sp³-hybridized carbons (Fsp3) is 0.714. The van der Waals surface area contributed by atoms with Crippen molar-refractivity contribution >= 4 is 5.95 Å². The van der Waals surface area contributed by atoms with Crippen molar-refractivity contribution in [1.29, 1.82) is 0 Å². The number of aromatic nitrogens is 2. The van der Waals surface area contributed by atoms with E-state index in [4.69, 9.17) is 5.11 Å². The Morgan fingerprint density at radius 1 is 1.37 bits per heavy atom. The Kier molecular flexibility index (Phi) is 5.54. The molecule has 0 aliphatic heterocycles. The number of nitrogens with one attached hydrogen (secondary N) is 1. The molecule has 1 saturated carbocycles. The monoisotopic (exact) mass is 264 g/mol. The third-order valence-electron chi connectivity index (χ3n) is 3.60. The van der Waals surface area contributed by atoms with E-state index >= 15 is 0 Å². The molecule has 106 valence electrons. The summed E-state index contributed by atoms with van der Waals surface area (Å²) in [5, 5.41) is 12.3. The van der Waals surface area contributed by atoms with Crippen LogP contribution in [0.5, 0.6) is 0 Å². The molecule has 0 amide bonds. The highest BCUT2D eigenvalue weighted by molar-refractivity contribution is 5.32. The highest BCUT2D eigenvalue weighted by Crippen LogP contribution is 2.27. The van der Waals surface area contributed by atoms with Gasteiger partial charge in [0.15, 0.2) is 0 Å². The molecule has 2 rings (SSSR count). The minimum atomic E-state index is 0.224. The quantitative estimate of drug-likeness (QED) is 0.741. The second-order valence-corrected chi connectivity index (χ2v) is 5.03. The van der Waals surface area contributed by atoms with Gasteiger partial charge in [-0.05, 0) is 32.2 Å². The van der Waals surface area contributed by atoms with Gasteiger partial charge < -0.3 is 15.3 Å². The topological polar surface area (TPSA) is 61.3 Å². The minimum absolute atomic E-state index is 0.224. The second-order valence-electron chi connectivity index (χ2n) is 5.03. The summed E-state index contributed by atoms with van der Waals surface area (Å²) < 4.78 is 0. The summed E-state index contributed by atoms with van der Waals surface area (Å²) in [6.07, 6.45) is 8.30. The van der Waals surface area contributed by atoms with E-state index in [9.17, 15) is 0 Å². The molecule has 5 nitrogen and oxygen atoms in total. The van der Waals surface area contributed by atoms with E-state index in [0.29, 0.717) is 6.04 Å². The number of hydrogen-bond donors (Lipinski definition) is 2. The van der Waals surface area contributed by atoms with Gasteiger partial charge in [-0.1, -0.05) is 6.92 Å². The van der Waals surface area contributed by atoms with E-state index in [-0.39, 0.29) is 6.61 Å². The molecule has 2 N–H and O–H groups in total. The van der Waals surface area contributed by atoms with Crippen molar-refractivity contribution in [2.75, 3.05) is 24.6 Å². The lowest BCUT2D eigenvalue weighted by molar-refractivity contribution is 0.282. The average molecular weight is 264 g/mol. The molecule has 1 fully saturated rings. The SMILES string of the molecule is CCNCc1cnc(N(CCCO)C2CCC2)nc1. The van der Waals surface area contributed by atoms with Gasteiger partial charge in [-0.2, -0.15) is 0 Å². The van der Waals surface area contributed by atoms with Gasteiger partial charge in [-0.25, -0.2) is 9.97 Å². The van der Waals surface area contributed by atoms with E-state index in [1.54, 1.807) is 0 Å². The van der Waals surface area contributed by atoms with Crippen LogP contribution in [0.2, 0.25) is 0 Å². The third-order valence-corrected chi connectivity index (χ3v) is 3.60. The predicted octanol–water partition coefficient (Wildman–Crippen LogP) is 1.33. The van der Waals surface area contributed by atoms with Crippen molar-refractivity contribution in [2.45, 2.75) is 45.2 Å². The summed E-state index contributed by atoms with van der Waals surface area (Å²) in [5.41, 5.74) is 1.11. The largest absolute Gasteiger partial charge is 0.396 e. The second kappa shape index (κ2) is 7.40. The molecule has 0 saturated heterocycles. The number of anilines is 1. The molecule has 0 spiro atoms. The van der Waals surface area contributed by atoms with Crippen molar-refractivity contribution < 1.29 is 5.11 Å². The fourth-order valence-corrected chi connectivity index (χ4v) is 2.24. The Balaban J connectivity index is 1.99. The van der Waals surface area contributed by atoms with E-state index in [1.165, 1.54) is 19.3 Å². The van der Waals surface area contributed by atoms with Crippen molar-refractivity contribution in [3.8, 4) is 0 Å². The average Bonchev–Trinajstić information content (AvgIpc) is 2.39. The molecule has 0 unspecified atom stereocenters. The summed E-state index contributed by atoms with van der Waals surface area (Å²) in [4.78, 5) is 11.2. The molecule has 1 aliphatic carbocycles. The molecule has 1 heterocycles. The molecule has 0 aromatic carbocycles. The first-order valence-electron chi connectivity index (χ1n) is 7.24. The highest BCUT2D eigenvalue weighted by atomic mass is 16.3. The molecule has 1 aromatic rings. The van der Waals surface area contributed by atoms with Crippen LogP contribution < -0.4 is 10.2 Å². The number of rotatable bonds is 8. The van der Waals surface area contributed by atoms with E-state index < -0.39 is 0 Å². The Bertz CT molecular complexity index is 364. The van der Waals surface area contributed by atoms with Crippen molar-refractivity contribution in [3.63, 3.8) is 0 Å². The Morgan fingerprint density at radius 2 is 2.11 bits per heavy atom. The molecule has 19 heavy (non-hydrogen) atoms. The fourth-order valence-electron chi connectivity index (χ4n) is 2.24. The van der Waals surface area contributed by atoms with Crippen LogP contribution in [0.4, 0.5) is 5.95 Å². The van der Waals surface area contributed by atoms with Crippen LogP contribution in [0.15, 0.2) is 12.4 Å². The summed E-state index contributed by atoms with van der Waals surface area (Å²) in [6.45, 7) is 4.92. The summed E-state index contributed by atoms with van der Waals surface area (Å²) >= 11 is 0. The zero-order valence-corrected chi connectivity index (χ0v) is 11.7. The van der Waals surface area contributed by atoms with Gasteiger partial charge in [0.2, 0.25) is 5.95 Å². The molecule has 0 bridgehead atoms. The minimum Gasteiger partial charge on any atom is -0.396 e. The van der Waals surface area contributed by atoms with Crippen LogP contribution in [0.1, 0.15) is 38.2 Å². The summed E-state index contributed by atoms with van der Waals surface area (Å²) in [7, 11) is 0. The standard InChI is InChI=1S/C14H24N4O/c1-2-15-9-12-10-16-14(17-11-12)18(7-4-8-19)13-5-3-6-13/h10-11,13,15,19H,2-9H2,1H3. The van der Waals surface area contributed by atoms with Crippen molar-refractivity contribution in [3.05, 3.63) is 18.0 Å². The van der Waals surface area contributed by atoms with Gasteiger partial charge in [0.05, 0.1) is 0 Å². The van der Waals surface area contributed by atoms with Crippen LogP contribution in [0.3, 0.4) is 0 Å². The molecule has 5 heteroatoms. The van der Waals surface area contributed by atoms with Gasteiger partial charge >= 0.3 is 0 Å². The number of aliphatic hydroxyl groups is 1. The molecule has 1 aromatic heterocycles. The van der Waals surface area contributed by atoms with Crippen LogP contribution in [-0.2, 0) is 6.54 Å². The Morgan fingerprint density at radius 3 is 2.63 bits per heavy atom. The Labute approximate surface area is 115 Å². The lowest BCUT2D eigenvalue weighted by Gasteiger charge is -2.37. The van der Waals surface area contributed by atoms with Crippen LogP contribution in [0.25, 0.3) is 0 Å². The first-order valence-corrected chi connectivity index (χ1v) is 7.24. The Hall–Kier alpha value is -1.20. The van der Waals surface area contributed by atoms with Crippen LogP contribution in [-0.4, -0.2) is 40.8 Å². The molecule has 0 atom stereocenters. The highest BCUT2D eigenvalue weighted by Gasteiger charge is 2.26. The van der Waals surface area contributed by atoms with Gasteiger partial charge in [0.25, 0.3) is 0 Å². The maximum Gasteiger partial charge on any atom is 0.225 e. The third kappa shape index (κ3) is 3.88. The van der Waals surface area contributed by atoms with Crippen LogP contribution >= 0.6 is 0 Å². The first-order chi connectivity index (χ1) is 9.35. The molecule has 0 radical (unpaired) electrons. The summed E-state index contributed by atoms with van der Waals surface area (Å²) in [6, 6.07) is 0.561. The van der Waals surface area contributed by atoms with Crippen molar-refractivity contribution in [2.24, 2.45) is 0 Å². The number of aliphatic hydroxyl groups excluding tert-OH is 1. The van der Waals surface area contributed by atoms with Gasteiger partial charge in [0.1, 0.15) is 0 Å². The van der Waals surface area contributed by atoms with Crippen molar-refractivity contribution in [1.82, 2.24) is 15.3 Å². The predicted molar refractivity (Wildman–Crippen MR) is 76.1 cm³/mol. The maximum atomic E-state index is 9.00. The zero-order chi connectivity index (χ0) is 13.5. The smallest absolute Gasteiger partial charge is 0.225 e. The van der Waals surface area contributed by atoms with Gasteiger partial charge in [-0.15, -0.1) is 0 Å². The van der Waals surface area contributed by atoms with Gasteiger partial charge in [-0.3, -0.25) is 0 Å².